The van der Waals surface area contributed by atoms with Gasteiger partial charge in [0.05, 0.1) is 10.4 Å². The van der Waals surface area contributed by atoms with Gasteiger partial charge >= 0.3 is 0 Å². The maximum atomic E-state index is 12.6. The highest BCUT2D eigenvalue weighted by molar-refractivity contribution is 7.89. The molecule has 138 valence electrons. The zero-order valence-corrected chi connectivity index (χ0v) is 16.3. The van der Waals surface area contributed by atoms with Crippen LogP contribution < -0.4 is 15.8 Å². The molecule has 0 atom stereocenters. The molecular weight excluding hydrogens is 350 g/mol. The number of amides is 1. The molecule has 8 heteroatoms. The normalized spacial score (nSPS) is 11.7. The van der Waals surface area contributed by atoms with Crippen molar-refractivity contribution in [2.75, 3.05) is 13.1 Å². The molecule has 1 aromatic carbocycles. The van der Waals surface area contributed by atoms with Crippen LogP contribution in [0.5, 0.6) is 0 Å². The van der Waals surface area contributed by atoms with Gasteiger partial charge in [0.15, 0.2) is 0 Å². The van der Waals surface area contributed by atoms with Crippen molar-refractivity contribution in [3.05, 3.63) is 29.3 Å². The van der Waals surface area contributed by atoms with Crippen LogP contribution in [0.15, 0.2) is 23.1 Å². The molecule has 0 radical (unpaired) electrons. The quantitative estimate of drug-likeness (QED) is 0.644. The first kappa shape index (κ1) is 22.9. The number of benzene rings is 1. The van der Waals surface area contributed by atoms with Gasteiger partial charge in [0.1, 0.15) is 0 Å². The van der Waals surface area contributed by atoms with Gasteiger partial charge in [-0.2, -0.15) is 0 Å². The van der Waals surface area contributed by atoms with Crippen molar-refractivity contribution < 1.29 is 13.2 Å². The molecule has 0 aliphatic heterocycles. The number of nitrogens with two attached hydrogens (primary N) is 1. The average molecular weight is 378 g/mol. The van der Waals surface area contributed by atoms with Crippen LogP contribution in [0.2, 0.25) is 0 Å². The predicted octanol–water partition coefficient (Wildman–Crippen LogP) is 1.96. The van der Waals surface area contributed by atoms with Crippen molar-refractivity contribution >= 4 is 28.3 Å². The van der Waals surface area contributed by atoms with E-state index in [1.165, 1.54) is 12.1 Å². The number of carbonyl (C=O) groups is 1. The Morgan fingerprint density at radius 1 is 1.21 bits per heavy atom. The monoisotopic (exact) mass is 377 g/mol. The largest absolute Gasteiger partial charge is 0.345 e. The second-order valence-corrected chi connectivity index (χ2v) is 7.39. The summed E-state index contributed by atoms with van der Waals surface area (Å²) in [5, 5.41) is 2.97. The van der Waals surface area contributed by atoms with Gasteiger partial charge in [-0.05, 0) is 37.5 Å². The molecule has 1 amide bonds. The van der Waals surface area contributed by atoms with Crippen molar-refractivity contribution in [2.24, 2.45) is 5.73 Å². The molecule has 0 aliphatic rings. The van der Waals surface area contributed by atoms with E-state index < -0.39 is 15.6 Å². The van der Waals surface area contributed by atoms with Crippen molar-refractivity contribution in [3.63, 3.8) is 0 Å². The fourth-order valence-electron chi connectivity index (χ4n) is 2.36. The number of nitrogens with one attached hydrogen (secondary N) is 2. The van der Waals surface area contributed by atoms with E-state index in [0.717, 1.165) is 5.56 Å². The number of hydrogen-bond acceptors (Lipinski definition) is 4. The Labute approximate surface area is 151 Å². The van der Waals surface area contributed by atoms with Crippen molar-refractivity contribution in [2.45, 2.75) is 51.0 Å². The molecule has 0 fully saturated rings. The number of rotatable bonds is 8. The highest BCUT2D eigenvalue weighted by Crippen LogP contribution is 2.19. The second-order valence-electron chi connectivity index (χ2n) is 5.62. The lowest BCUT2D eigenvalue weighted by Crippen LogP contribution is -2.53. The highest BCUT2D eigenvalue weighted by Gasteiger charge is 2.28. The molecule has 4 N–H and O–H groups in total. The number of halogens is 1. The highest BCUT2D eigenvalue weighted by atomic mass is 35.5. The third-order valence-electron chi connectivity index (χ3n) is 4.22. The van der Waals surface area contributed by atoms with Crippen molar-refractivity contribution in [1.29, 1.82) is 0 Å². The van der Waals surface area contributed by atoms with Crippen LogP contribution in [-0.2, 0) is 10.0 Å². The summed E-state index contributed by atoms with van der Waals surface area (Å²) in [6, 6.07) is 4.55. The third-order valence-corrected chi connectivity index (χ3v) is 5.76. The lowest BCUT2D eigenvalue weighted by Gasteiger charge is -2.31. The van der Waals surface area contributed by atoms with Gasteiger partial charge in [0.2, 0.25) is 10.0 Å². The van der Waals surface area contributed by atoms with Gasteiger partial charge in [0.25, 0.3) is 5.91 Å². The minimum absolute atomic E-state index is 0. The van der Waals surface area contributed by atoms with Crippen LogP contribution in [0.3, 0.4) is 0 Å². The van der Waals surface area contributed by atoms with E-state index in [0.29, 0.717) is 31.5 Å². The van der Waals surface area contributed by atoms with E-state index in [1.54, 1.807) is 19.9 Å². The summed E-state index contributed by atoms with van der Waals surface area (Å²) in [6.45, 7) is 8.04. The smallest absolute Gasteiger partial charge is 0.252 e. The molecule has 6 nitrogen and oxygen atoms in total. The molecule has 24 heavy (non-hydrogen) atoms. The molecule has 0 aromatic heterocycles. The van der Waals surface area contributed by atoms with E-state index in [1.807, 2.05) is 13.8 Å². The van der Waals surface area contributed by atoms with Crippen molar-refractivity contribution in [3.8, 4) is 0 Å². The maximum absolute atomic E-state index is 12.6. The van der Waals surface area contributed by atoms with Crippen LogP contribution in [0, 0.1) is 6.92 Å². The van der Waals surface area contributed by atoms with Gasteiger partial charge in [-0.1, -0.05) is 26.8 Å². The lowest BCUT2D eigenvalue weighted by atomic mass is 9.92. The number of hydrogen-bond donors (Lipinski definition) is 3. The molecule has 1 rings (SSSR count). The molecular formula is C16H28ClN3O3S. The van der Waals surface area contributed by atoms with Gasteiger partial charge < -0.3 is 11.1 Å². The molecule has 1 aromatic rings. The Balaban J connectivity index is 0.00000529. The van der Waals surface area contributed by atoms with Crippen LogP contribution in [-0.4, -0.2) is 33.0 Å². The third kappa shape index (κ3) is 5.17. The van der Waals surface area contributed by atoms with Crippen LogP contribution in [0.25, 0.3) is 0 Å². The Morgan fingerprint density at radius 2 is 1.79 bits per heavy atom. The van der Waals surface area contributed by atoms with Gasteiger partial charge in [-0.25, -0.2) is 13.1 Å². The first-order valence-corrected chi connectivity index (χ1v) is 9.36. The molecule has 0 saturated carbocycles. The predicted molar refractivity (Wildman–Crippen MR) is 99.1 cm³/mol. The van der Waals surface area contributed by atoms with Crippen molar-refractivity contribution in [1.82, 2.24) is 10.0 Å². The summed E-state index contributed by atoms with van der Waals surface area (Å²) < 4.78 is 26.6. The number of carbonyl (C=O) groups excluding carboxylic acids is 1. The second kappa shape index (κ2) is 9.36. The van der Waals surface area contributed by atoms with E-state index in [-0.39, 0.29) is 23.2 Å². The summed E-state index contributed by atoms with van der Waals surface area (Å²) in [4.78, 5) is 12.7. The zero-order chi connectivity index (χ0) is 17.7. The van der Waals surface area contributed by atoms with Gasteiger partial charge in [0, 0.05) is 18.7 Å². The Morgan fingerprint density at radius 3 is 2.25 bits per heavy atom. The molecule has 0 spiro atoms. The minimum atomic E-state index is -3.60. The minimum Gasteiger partial charge on any atom is -0.345 e. The van der Waals surface area contributed by atoms with E-state index in [9.17, 15) is 13.2 Å². The first-order chi connectivity index (χ1) is 10.7. The molecule has 0 bridgehead atoms. The molecule has 0 heterocycles. The van der Waals surface area contributed by atoms with Crippen LogP contribution >= 0.6 is 12.4 Å². The molecule has 0 aliphatic carbocycles. The first-order valence-electron chi connectivity index (χ1n) is 7.88. The standard InChI is InChI=1S/C16H27N3O3S.ClH/c1-5-16(6-2,11-17)19-15(20)14-10-13(9-8-12(14)4)23(21,22)18-7-3;/h8-10,18H,5-7,11,17H2,1-4H3,(H,19,20);1H. The summed E-state index contributed by atoms with van der Waals surface area (Å²) in [5.74, 6) is -0.301. The Hall–Kier alpha value is -1.15. The van der Waals surface area contributed by atoms with E-state index in [2.05, 4.69) is 10.0 Å². The Bertz CT molecular complexity index is 650. The fourth-order valence-corrected chi connectivity index (χ4v) is 3.43. The zero-order valence-electron chi connectivity index (χ0n) is 14.7. The van der Waals surface area contributed by atoms with Crippen LogP contribution in [0.4, 0.5) is 0 Å². The van der Waals surface area contributed by atoms with E-state index >= 15 is 0 Å². The van der Waals surface area contributed by atoms with Gasteiger partial charge in [-0.15, -0.1) is 12.4 Å². The van der Waals surface area contributed by atoms with Crippen LogP contribution in [0.1, 0.15) is 49.5 Å². The SMILES string of the molecule is CCNS(=O)(=O)c1ccc(C)c(C(=O)NC(CC)(CC)CN)c1.Cl. The summed E-state index contributed by atoms with van der Waals surface area (Å²) in [5.41, 5.74) is 6.41. The summed E-state index contributed by atoms with van der Waals surface area (Å²) >= 11 is 0. The topological polar surface area (TPSA) is 101 Å². The lowest BCUT2D eigenvalue weighted by molar-refractivity contribution is 0.0894. The molecule has 0 saturated heterocycles. The summed E-state index contributed by atoms with van der Waals surface area (Å²) in [7, 11) is -3.60. The summed E-state index contributed by atoms with van der Waals surface area (Å²) in [6.07, 6.45) is 1.42. The molecule has 0 unspecified atom stereocenters. The number of aryl methyl sites for hydroxylation is 1. The average Bonchev–Trinajstić information content (AvgIpc) is 2.52. The van der Waals surface area contributed by atoms with Gasteiger partial charge in [-0.3, -0.25) is 4.79 Å². The fraction of sp³-hybridized carbons (Fsp3) is 0.562. The van der Waals surface area contributed by atoms with E-state index in [4.69, 9.17) is 5.73 Å². The number of sulfonamides is 1. The maximum Gasteiger partial charge on any atom is 0.252 e. The Kier molecular flexibility index (Phi) is 8.91.